The third kappa shape index (κ3) is 1.62. The third-order valence-electron chi connectivity index (χ3n) is 1.82. The van der Waals surface area contributed by atoms with Crippen molar-refractivity contribution < 1.29 is 4.92 Å². The highest BCUT2D eigenvalue weighted by Crippen LogP contribution is 2.21. The highest BCUT2D eigenvalue weighted by atomic mass is 16.6. The molecule has 2 aromatic rings. The lowest BCUT2D eigenvalue weighted by molar-refractivity contribution is -0.384. The second kappa shape index (κ2) is 3.37. The molecule has 0 spiro atoms. The second-order valence-corrected chi connectivity index (χ2v) is 2.81. The van der Waals surface area contributed by atoms with Crippen LogP contribution < -0.4 is 5.73 Å². The lowest BCUT2D eigenvalue weighted by Gasteiger charge is -2.02. The number of rotatable bonds is 2. The molecular formula is C8H7N5O2. The van der Waals surface area contributed by atoms with Crippen molar-refractivity contribution in [2.24, 2.45) is 0 Å². The van der Waals surface area contributed by atoms with E-state index in [0.717, 1.165) is 0 Å². The third-order valence-corrected chi connectivity index (χ3v) is 1.82. The molecule has 0 aromatic carbocycles. The number of hydrogen-bond donors (Lipinski definition) is 1. The second-order valence-electron chi connectivity index (χ2n) is 2.81. The van der Waals surface area contributed by atoms with Crippen molar-refractivity contribution in [2.75, 3.05) is 5.73 Å². The van der Waals surface area contributed by atoms with Gasteiger partial charge in [0.25, 0.3) is 0 Å². The minimum Gasteiger partial charge on any atom is -0.384 e. The Bertz CT molecular complexity index is 494. The predicted octanol–water partition coefficient (Wildman–Crippen LogP) is 0.758. The smallest absolute Gasteiger partial charge is 0.312 e. The van der Waals surface area contributed by atoms with E-state index in [1.165, 1.54) is 29.2 Å². The van der Waals surface area contributed by atoms with E-state index in [9.17, 15) is 10.1 Å². The zero-order chi connectivity index (χ0) is 10.8. The topological polar surface area (TPSA) is 99.9 Å². The van der Waals surface area contributed by atoms with Gasteiger partial charge in [0, 0.05) is 18.5 Å². The highest BCUT2D eigenvalue weighted by Gasteiger charge is 2.16. The molecule has 7 heteroatoms. The largest absolute Gasteiger partial charge is 0.384 e. The average Bonchev–Trinajstić information content (AvgIpc) is 2.69. The molecule has 0 unspecified atom stereocenters. The molecule has 2 heterocycles. The molecular weight excluding hydrogens is 198 g/mol. The Hall–Kier alpha value is -2.44. The van der Waals surface area contributed by atoms with E-state index in [2.05, 4.69) is 9.97 Å². The van der Waals surface area contributed by atoms with Crippen LogP contribution in [-0.4, -0.2) is 19.5 Å². The molecule has 2 aromatic heterocycles. The van der Waals surface area contributed by atoms with Gasteiger partial charge in [-0.25, -0.2) is 9.97 Å². The zero-order valence-corrected chi connectivity index (χ0v) is 7.57. The van der Waals surface area contributed by atoms with Gasteiger partial charge in [-0.3, -0.25) is 14.7 Å². The van der Waals surface area contributed by atoms with Gasteiger partial charge in [-0.05, 0) is 6.07 Å². The van der Waals surface area contributed by atoms with Gasteiger partial charge in [-0.15, -0.1) is 0 Å². The van der Waals surface area contributed by atoms with Crippen LogP contribution in [0.1, 0.15) is 0 Å². The van der Waals surface area contributed by atoms with Crippen LogP contribution in [0.4, 0.5) is 11.5 Å². The first-order valence-electron chi connectivity index (χ1n) is 4.08. The number of nitrogens with zero attached hydrogens (tertiary/aromatic N) is 4. The molecule has 76 valence electrons. The maximum Gasteiger partial charge on any atom is 0.312 e. The lowest BCUT2D eigenvalue weighted by atomic mass is 10.4. The number of hydrogen-bond acceptors (Lipinski definition) is 5. The quantitative estimate of drug-likeness (QED) is 0.576. The molecule has 7 nitrogen and oxygen atoms in total. The van der Waals surface area contributed by atoms with Crippen LogP contribution in [-0.2, 0) is 0 Å². The highest BCUT2D eigenvalue weighted by molar-refractivity contribution is 5.51. The van der Waals surface area contributed by atoms with E-state index in [1.807, 2.05) is 0 Å². The Morgan fingerprint density at radius 3 is 2.87 bits per heavy atom. The van der Waals surface area contributed by atoms with Crippen LogP contribution in [0, 0.1) is 10.1 Å². The first kappa shape index (κ1) is 9.13. The fourth-order valence-electron chi connectivity index (χ4n) is 1.17. The van der Waals surface area contributed by atoms with Gasteiger partial charge in [0.15, 0.2) is 0 Å². The fourth-order valence-corrected chi connectivity index (χ4v) is 1.17. The average molecular weight is 205 g/mol. The summed E-state index contributed by atoms with van der Waals surface area (Å²) in [5.41, 5.74) is 5.36. The first-order chi connectivity index (χ1) is 7.18. The minimum absolute atomic E-state index is 0.109. The molecule has 0 fully saturated rings. The van der Waals surface area contributed by atoms with Gasteiger partial charge in [0.1, 0.15) is 12.1 Å². The Balaban J connectivity index is 2.63. The van der Waals surface area contributed by atoms with Crippen LogP contribution in [0.25, 0.3) is 5.82 Å². The van der Waals surface area contributed by atoms with E-state index < -0.39 is 4.92 Å². The van der Waals surface area contributed by atoms with E-state index >= 15 is 0 Å². The standard InChI is InChI=1S/C8H7N5O2/c9-7-2-1-6(13(14)15)8(11-7)12-4-3-10-5-12/h1-5H,(H2,9,11). The number of nitro groups is 1. The van der Waals surface area contributed by atoms with Crippen LogP contribution in [0.5, 0.6) is 0 Å². The first-order valence-corrected chi connectivity index (χ1v) is 4.08. The van der Waals surface area contributed by atoms with E-state index in [1.54, 1.807) is 6.20 Å². The summed E-state index contributed by atoms with van der Waals surface area (Å²) in [6.07, 6.45) is 4.50. The van der Waals surface area contributed by atoms with Gasteiger partial charge in [0.05, 0.1) is 4.92 Å². The van der Waals surface area contributed by atoms with E-state index in [4.69, 9.17) is 5.73 Å². The summed E-state index contributed by atoms with van der Waals surface area (Å²) in [6.45, 7) is 0. The summed E-state index contributed by atoms with van der Waals surface area (Å²) >= 11 is 0. The van der Waals surface area contributed by atoms with Gasteiger partial charge in [-0.2, -0.15) is 0 Å². The molecule has 0 amide bonds. The van der Waals surface area contributed by atoms with Gasteiger partial charge in [0.2, 0.25) is 5.82 Å². The minimum atomic E-state index is -0.512. The summed E-state index contributed by atoms with van der Waals surface area (Å²) in [5.74, 6) is 0.391. The number of nitrogens with two attached hydrogens (primary N) is 1. The number of anilines is 1. The van der Waals surface area contributed by atoms with Crippen LogP contribution in [0.15, 0.2) is 30.9 Å². The molecule has 15 heavy (non-hydrogen) atoms. The molecule has 0 saturated heterocycles. The number of aromatic nitrogens is 3. The van der Waals surface area contributed by atoms with Gasteiger partial charge >= 0.3 is 5.69 Å². The molecule has 0 bridgehead atoms. The van der Waals surface area contributed by atoms with Crippen molar-refractivity contribution in [3.8, 4) is 5.82 Å². The maximum absolute atomic E-state index is 10.7. The van der Waals surface area contributed by atoms with E-state index in [0.29, 0.717) is 0 Å². The van der Waals surface area contributed by atoms with Crippen molar-refractivity contribution in [3.63, 3.8) is 0 Å². The zero-order valence-electron chi connectivity index (χ0n) is 7.57. The summed E-state index contributed by atoms with van der Waals surface area (Å²) in [7, 11) is 0. The van der Waals surface area contributed by atoms with Crippen molar-refractivity contribution in [2.45, 2.75) is 0 Å². The number of nitrogen functional groups attached to an aromatic ring is 1. The molecule has 2 rings (SSSR count). The number of pyridine rings is 1. The summed E-state index contributed by atoms with van der Waals surface area (Å²) in [4.78, 5) is 17.9. The predicted molar refractivity (Wildman–Crippen MR) is 52.4 cm³/mol. The van der Waals surface area contributed by atoms with Gasteiger partial charge < -0.3 is 5.73 Å². The number of imidazole rings is 1. The maximum atomic E-state index is 10.7. The molecule has 0 saturated carbocycles. The Labute approximate surface area is 84.3 Å². The van der Waals surface area contributed by atoms with Crippen LogP contribution in [0.2, 0.25) is 0 Å². The van der Waals surface area contributed by atoms with Gasteiger partial charge in [-0.1, -0.05) is 0 Å². The molecule has 0 aliphatic rings. The lowest BCUT2D eigenvalue weighted by Crippen LogP contribution is -2.03. The van der Waals surface area contributed by atoms with Crippen molar-refractivity contribution in [3.05, 3.63) is 41.0 Å². The van der Waals surface area contributed by atoms with Crippen molar-refractivity contribution in [1.29, 1.82) is 0 Å². The summed E-state index contributed by atoms with van der Waals surface area (Å²) in [6, 6.07) is 2.70. The Morgan fingerprint density at radius 2 is 2.27 bits per heavy atom. The van der Waals surface area contributed by atoms with Crippen LogP contribution in [0.3, 0.4) is 0 Å². The normalized spacial score (nSPS) is 10.1. The fraction of sp³-hybridized carbons (Fsp3) is 0. The molecule has 0 radical (unpaired) electrons. The molecule has 0 aliphatic carbocycles. The Morgan fingerprint density at radius 1 is 1.47 bits per heavy atom. The SMILES string of the molecule is Nc1ccc([N+](=O)[O-])c(-n2ccnc2)n1. The van der Waals surface area contributed by atoms with E-state index in [-0.39, 0.29) is 17.3 Å². The Kier molecular flexibility index (Phi) is 2.05. The monoisotopic (exact) mass is 205 g/mol. The summed E-state index contributed by atoms with van der Waals surface area (Å²) in [5, 5.41) is 10.7. The van der Waals surface area contributed by atoms with Crippen LogP contribution >= 0.6 is 0 Å². The molecule has 0 atom stereocenters. The van der Waals surface area contributed by atoms with Crippen molar-refractivity contribution in [1.82, 2.24) is 14.5 Å². The molecule has 2 N–H and O–H groups in total. The van der Waals surface area contributed by atoms with Crippen molar-refractivity contribution >= 4 is 11.5 Å². The molecule has 0 aliphatic heterocycles. The summed E-state index contributed by atoms with van der Waals surface area (Å²) < 4.78 is 1.44.